The average Bonchev–Trinajstić information content (AvgIpc) is 3.61. The Morgan fingerprint density at radius 3 is 2.30 bits per heavy atom. The molecular weight excluding hydrogens is 535 g/mol. The summed E-state index contributed by atoms with van der Waals surface area (Å²) in [5.41, 5.74) is -2.89. The zero-order chi connectivity index (χ0) is 27.5. The minimum atomic E-state index is -5.18. The van der Waals surface area contributed by atoms with Gasteiger partial charge in [0.05, 0.1) is 28.6 Å². The molecule has 1 aromatic heterocycles. The number of carbonyl (C=O) groups is 2. The summed E-state index contributed by atoms with van der Waals surface area (Å²) in [5, 5.41) is 2.14. The maximum atomic E-state index is 14.6. The lowest BCUT2D eigenvalue weighted by Crippen LogP contribution is -2.71. The molecule has 2 fully saturated rings. The van der Waals surface area contributed by atoms with Gasteiger partial charge in [0, 0.05) is 24.2 Å². The number of alkyl halides is 5. The standard InChI is InChI=1S/C22H18F7N3O4S/c1-37(35,36)12-4-11(7-30-8-12)20(34)32-9-21(25,26)18(32)19(33)31-17(10-2-3-10)13-5-16(24)14(6-15(13)23)22(27,28)29/h4-8,10,17-18H,2-3,9H2,1H3,(H,31,33)/t17?,18-/m1/s1. The van der Waals surface area contributed by atoms with Crippen LogP contribution >= 0.6 is 0 Å². The highest BCUT2D eigenvalue weighted by atomic mass is 32.2. The first-order chi connectivity index (χ1) is 17.0. The monoisotopic (exact) mass is 553 g/mol. The molecule has 2 amide bonds. The number of nitrogens with one attached hydrogen (secondary N) is 1. The molecule has 37 heavy (non-hydrogen) atoms. The summed E-state index contributed by atoms with van der Waals surface area (Å²) in [6, 6.07) is -2.70. The smallest absolute Gasteiger partial charge is 0.347 e. The number of amides is 2. The summed E-state index contributed by atoms with van der Waals surface area (Å²) in [6.07, 6.45) is -1.75. The zero-order valence-electron chi connectivity index (χ0n) is 18.8. The Bertz CT molecular complexity index is 1380. The van der Waals surface area contributed by atoms with E-state index in [0.717, 1.165) is 24.7 Å². The van der Waals surface area contributed by atoms with E-state index in [0.29, 0.717) is 17.7 Å². The highest BCUT2D eigenvalue weighted by Crippen LogP contribution is 2.44. The molecule has 15 heteroatoms. The van der Waals surface area contributed by atoms with E-state index < -0.39 is 81.1 Å². The topological polar surface area (TPSA) is 96.4 Å². The number of aromatic nitrogens is 1. The summed E-state index contributed by atoms with van der Waals surface area (Å²) < 4.78 is 120. The van der Waals surface area contributed by atoms with Gasteiger partial charge in [-0.3, -0.25) is 14.6 Å². The van der Waals surface area contributed by atoms with Crippen molar-refractivity contribution in [3.8, 4) is 0 Å². The van der Waals surface area contributed by atoms with E-state index in [2.05, 4.69) is 10.3 Å². The predicted octanol–water partition coefficient (Wildman–Crippen LogP) is 3.51. The highest BCUT2D eigenvalue weighted by Gasteiger charge is 2.61. The van der Waals surface area contributed by atoms with Gasteiger partial charge >= 0.3 is 6.18 Å². The van der Waals surface area contributed by atoms with Crippen molar-refractivity contribution < 1.29 is 48.7 Å². The fourth-order valence-corrected chi connectivity index (χ4v) is 4.67. The van der Waals surface area contributed by atoms with Crippen molar-refractivity contribution in [3.05, 3.63) is 58.9 Å². The first-order valence-electron chi connectivity index (χ1n) is 10.7. The molecule has 0 spiro atoms. The zero-order valence-corrected chi connectivity index (χ0v) is 19.6. The van der Waals surface area contributed by atoms with Gasteiger partial charge in [-0.05, 0) is 37.0 Å². The number of carbonyl (C=O) groups excluding carboxylic acids is 2. The molecule has 200 valence electrons. The van der Waals surface area contributed by atoms with Crippen LogP contribution in [0.1, 0.15) is 40.4 Å². The van der Waals surface area contributed by atoms with Crippen LogP contribution in [-0.4, -0.2) is 54.9 Å². The van der Waals surface area contributed by atoms with Crippen molar-refractivity contribution in [2.24, 2.45) is 5.92 Å². The van der Waals surface area contributed by atoms with Crippen molar-refractivity contribution in [3.63, 3.8) is 0 Å². The van der Waals surface area contributed by atoms with Crippen molar-refractivity contribution in [1.29, 1.82) is 0 Å². The Morgan fingerprint density at radius 1 is 1.11 bits per heavy atom. The number of benzene rings is 1. The van der Waals surface area contributed by atoms with E-state index in [-0.39, 0.29) is 22.6 Å². The van der Waals surface area contributed by atoms with Crippen molar-refractivity contribution in [1.82, 2.24) is 15.2 Å². The van der Waals surface area contributed by atoms with E-state index in [1.54, 1.807) is 0 Å². The molecule has 0 bridgehead atoms. The largest absolute Gasteiger partial charge is 0.419 e. The van der Waals surface area contributed by atoms with Crippen LogP contribution in [0.15, 0.2) is 35.5 Å². The Kier molecular flexibility index (Phi) is 6.49. The van der Waals surface area contributed by atoms with Crippen molar-refractivity contribution in [2.45, 2.75) is 41.9 Å². The molecule has 7 nitrogen and oxygen atoms in total. The van der Waals surface area contributed by atoms with Gasteiger partial charge in [-0.15, -0.1) is 0 Å². The van der Waals surface area contributed by atoms with E-state index in [9.17, 15) is 48.7 Å². The third-order valence-corrected chi connectivity index (χ3v) is 7.19. The normalized spacial score (nSPS) is 20.2. The van der Waals surface area contributed by atoms with Gasteiger partial charge in [0.1, 0.15) is 11.6 Å². The second-order valence-corrected chi connectivity index (χ2v) is 11.0. The highest BCUT2D eigenvalue weighted by molar-refractivity contribution is 7.90. The van der Waals surface area contributed by atoms with Gasteiger partial charge in [-0.1, -0.05) is 0 Å². The number of hydrogen-bond donors (Lipinski definition) is 1. The van der Waals surface area contributed by atoms with E-state index in [4.69, 9.17) is 0 Å². The first kappa shape index (κ1) is 26.8. The lowest BCUT2D eigenvalue weighted by atomic mass is 9.93. The van der Waals surface area contributed by atoms with Crippen LogP contribution in [0.2, 0.25) is 0 Å². The number of nitrogens with zero attached hydrogens (tertiary/aromatic N) is 2. The molecule has 4 rings (SSSR count). The van der Waals surface area contributed by atoms with Crippen LogP contribution in [-0.2, 0) is 20.8 Å². The fraction of sp³-hybridized carbons (Fsp3) is 0.409. The van der Waals surface area contributed by atoms with Gasteiger partial charge < -0.3 is 10.2 Å². The minimum Gasteiger partial charge on any atom is -0.347 e. The third kappa shape index (κ3) is 5.26. The molecule has 2 heterocycles. The number of hydrogen-bond acceptors (Lipinski definition) is 5. The molecule has 1 unspecified atom stereocenters. The summed E-state index contributed by atoms with van der Waals surface area (Å²) in [6.45, 7) is -1.19. The average molecular weight is 553 g/mol. The summed E-state index contributed by atoms with van der Waals surface area (Å²) in [4.78, 5) is 29.4. The fourth-order valence-electron chi connectivity index (χ4n) is 4.08. The number of rotatable bonds is 6. The molecule has 2 aromatic rings. The van der Waals surface area contributed by atoms with Gasteiger partial charge in [-0.2, -0.15) is 13.2 Å². The maximum Gasteiger partial charge on any atom is 0.419 e. The summed E-state index contributed by atoms with van der Waals surface area (Å²) in [7, 11) is -3.79. The van der Waals surface area contributed by atoms with Crippen LogP contribution in [0.3, 0.4) is 0 Å². The van der Waals surface area contributed by atoms with E-state index in [1.165, 1.54) is 0 Å². The Morgan fingerprint density at radius 2 is 1.76 bits per heavy atom. The summed E-state index contributed by atoms with van der Waals surface area (Å²) >= 11 is 0. The number of pyridine rings is 1. The lowest BCUT2D eigenvalue weighted by molar-refractivity contribution is -0.178. The predicted molar refractivity (Wildman–Crippen MR) is 112 cm³/mol. The van der Waals surface area contributed by atoms with E-state index >= 15 is 0 Å². The molecule has 1 aliphatic heterocycles. The van der Waals surface area contributed by atoms with Gasteiger partial charge in [0.25, 0.3) is 11.8 Å². The van der Waals surface area contributed by atoms with Crippen molar-refractivity contribution >= 4 is 21.7 Å². The van der Waals surface area contributed by atoms with Crippen molar-refractivity contribution in [2.75, 3.05) is 12.8 Å². The summed E-state index contributed by atoms with van der Waals surface area (Å²) in [5.74, 6) is -10.1. The number of sulfone groups is 1. The van der Waals surface area contributed by atoms with Gasteiger partial charge in [0.15, 0.2) is 15.9 Å². The van der Waals surface area contributed by atoms with Crippen LogP contribution in [0.25, 0.3) is 0 Å². The molecule has 1 aliphatic carbocycles. The molecule has 1 saturated carbocycles. The molecule has 1 aromatic carbocycles. The van der Waals surface area contributed by atoms with Crippen LogP contribution in [0.5, 0.6) is 0 Å². The Hall–Kier alpha value is -3.23. The van der Waals surface area contributed by atoms with Gasteiger partial charge in [0.2, 0.25) is 5.91 Å². The molecule has 0 radical (unpaired) electrons. The molecule has 2 aliphatic rings. The van der Waals surface area contributed by atoms with Gasteiger partial charge in [-0.25, -0.2) is 26.0 Å². The molecule has 2 atom stereocenters. The van der Waals surface area contributed by atoms with E-state index in [1.807, 2.05) is 0 Å². The molecular formula is C22H18F7N3O4S. The second kappa shape index (κ2) is 8.96. The Labute approximate surface area is 205 Å². The number of likely N-dealkylation sites (tertiary alicyclic amines) is 1. The molecule has 1 saturated heterocycles. The third-order valence-electron chi connectivity index (χ3n) is 6.11. The second-order valence-electron chi connectivity index (χ2n) is 8.95. The first-order valence-corrected chi connectivity index (χ1v) is 12.6. The lowest BCUT2D eigenvalue weighted by Gasteiger charge is -2.46. The van der Waals surface area contributed by atoms with Crippen LogP contribution in [0, 0.1) is 17.6 Å². The van der Waals surface area contributed by atoms with Crippen LogP contribution in [0.4, 0.5) is 30.7 Å². The maximum absolute atomic E-state index is 14.6. The SMILES string of the molecule is CS(=O)(=O)c1cncc(C(=O)N2CC(F)(F)[C@H]2C(=O)NC(c2cc(F)c(C(F)(F)F)cc2F)C2CC2)c1. The number of halogens is 7. The van der Waals surface area contributed by atoms with Crippen LogP contribution < -0.4 is 5.32 Å². The molecule has 1 N–H and O–H groups in total. The Balaban J connectivity index is 1.60. The quantitative estimate of drug-likeness (QED) is 0.553. The minimum absolute atomic E-state index is 0.0677.